The summed E-state index contributed by atoms with van der Waals surface area (Å²) in [6, 6.07) is 0. The van der Waals surface area contributed by atoms with Crippen LogP contribution >= 0.6 is 11.8 Å². The highest BCUT2D eigenvalue weighted by Crippen LogP contribution is 2.31. The van der Waals surface area contributed by atoms with Crippen molar-refractivity contribution >= 4 is 11.8 Å². The summed E-state index contributed by atoms with van der Waals surface area (Å²) in [5.41, 5.74) is 3.70. The molecule has 0 aromatic rings. The fraction of sp³-hybridized carbons (Fsp3) is 0.857. The zero-order chi connectivity index (χ0) is 10.3. The lowest BCUT2D eigenvalue weighted by atomic mass is 9.97. The molecule has 2 rings (SSSR count). The van der Waals surface area contributed by atoms with Gasteiger partial charge in [0, 0.05) is 5.75 Å². The van der Waals surface area contributed by atoms with Gasteiger partial charge in [-0.05, 0) is 37.9 Å². The molecule has 0 aromatic heterocycles. The van der Waals surface area contributed by atoms with Crippen LogP contribution in [0.5, 0.6) is 0 Å². The molecule has 0 radical (unpaired) electrons. The van der Waals surface area contributed by atoms with Crippen LogP contribution in [0.25, 0.3) is 0 Å². The van der Waals surface area contributed by atoms with E-state index in [1.54, 1.807) is 0 Å². The molecule has 0 N–H and O–H groups in total. The lowest BCUT2D eigenvalue weighted by Gasteiger charge is -2.20. The Bertz CT molecular complexity index is 195. The van der Waals surface area contributed by atoms with Crippen molar-refractivity contribution in [3.8, 4) is 0 Å². The molecule has 0 saturated heterocycles. The summed E-state index contributed by atoms with van der Waals surface area (Å²) < 4.78 is 0. The minimum absolute atomic E-state index is 1.36. The van der Waals surface area contributed by atoms with E-state index in [1.165, 1.54) is 75.7 Å². The van der Waals surface area contributed by atoms with Crippen molar-refractivity contribution in [2.45, 2.75) is 64.2 Å². The van der Waals surface area contributed by atoms with Crippen LogP contribution in [0.1, 0.15) is 64.2 Å². The van der Waals surface area contributed by atoms with E-state index in [0.717, 1.165) is 0 Å². The Kier molecular flexibility index (Phi) is 5.11. The largest absolute Gasteiger partial charge is 0.157 e. The Balaban J connectivity index is 1.94. The van der Waals surface area contributed by atoms with Gasteiger partial charge >= 0.3 is 0 Å². The second-order valence-corrected chi connectivity index (χ2v) is 6.09. The van der Waals surface area contributed by atoms with Gasteiger partial charge in [0.2, 0.25) is 0 Å². The quantitative estimate of drug-likeness (QED) is 0.525. The topological polar surface area (TPSA) is 0 Å². The molecule has 0 aromatic carbocycles. The van der Waals surface area contributed by atoms with Crippen molar-refractivity contribution in [2.24, 2.45) is 0 Å². The van der Waals surface area contributed by atoms with E-state index in [1.807, 2.05) is 11.1 Å². The predicted octanol–water partition coefficient (Wildman–Crippen LogP) is 4.94. The minimum atomic E-state index is 1.36. The maximum atomic E-state index is 2.16. The van der Waals surface area contributed by atoms with Crippen LogP contribution in [0.2, 0.25) is 0 Å². The van der Waals surface area contributed by atoms with Crippen molar-refractivity contribution in [1.82, 2.24) is 0 Å². The zero-order valence-electron chi connectivity index (χ0n) is 9.89. The SMILES string of the molecule is C1CCCCC2=C(CCCC1)CSCC2. The van der Waals surface area contributed by atoms with Gasteiger partial charge in [-0.15, -0.1) is 0 Å². The highest BCUT2D eigenvalue weighted by atomic mass is 32.2. The summed E-state index contributed by atoms with van der Waals surface area (Å²) in [7, 11) is 0. The Labute approximate surface area is 98.9 Å². The van der Waals surface area contributed by atoms with Gasteiger partial charge in [0.1, 0.15) is 0 Å². The van der Waals surface area contributed by atoms with Crippen LogP contribution in [-0.4, -0.2) is 11.5 Å². The van der Waals surface area contributed by atoms with Gasteiger partial charge in [-0.25, -0.2) is 0 Å². The van der Waals surface area contributed by atoms with Gasteiger partial charge < -0.3 is 0 Å². The van der Waals surface area contributed by atoms with Crippen molar-refractivity contribution in [1.29, 1.82) is 0 Å². The maximum Gasteiger partial charge on any atom is 0.0146 e. The number of allylic oxidation sites excluding steroid dienone is 1. The summed E-state index contributed by atoms with van der Waals surface area (Å²) in [4.78, 5) is 0. The predicted molar refractivity (Wildman–Crippen MR) is 70.5 cm³/mol. The van der Waals surface area contributed by atoms with E-state index >= 15 is 0 Å². The normalized spacial score (nSPS) is 25.6. The van der Waals surface area contributed by atoms with Crippen LogP contribution in [-0.2, 0) is 0 Å². The standard InChI is InChI=1S/C14H24S/c1-2-4-6-8-13-10-11-15-12-14(13)9-7-5-3-1/h1-12H2. The van der Waals surface area contributed by atoms with E-state index in [9.17, 15) is 0 Å². The molecule has 1 aliphatic heterocycles. The van der Waals surface area contributed by atoms with Crippen LogP contribution in [0.4, 0.5) is 0 Å². The molecular formula is C14H24S. The molecule has 1 heterocycles. The molecule has 1 aliphatic carbocycles. The summed E-state index contributed by atoms with van der Waals surface area (Å²) in [6.45, 7) is 0. The summed E-state index contributed by atoms with van der Waals surface area (Å²) in [5.74, 6) is 2.74. The zero-order valence-corrected chi connectivity index (χ0v) is 10.7. The van der Waals surface area contributed by atoms with Gasteiger partial charge in [-0.1, -0.05) is 43.3 Å². The smallest absolute Gasteiger partial charge is 0.0146 e. The van der Waals surface area contributed by atoms with Crippen molar-refractivity contribution < 1.29 is 0 Å². The first-order chi connectivity index (χ1) is 7.47. The number of hydrogen-bond donors (Lipinski definition) is 0. The highest BCUT2D eigenvalue weighted by Gasteiger charge is 2.12. The Morgan fingerprint density at radius 2 is 1.20 bits per heavy atom. The molecule has 0 saturated carbocycles. The lowest BCUT2D eigenvalue weighted by molar-refractivity contribution is 0.586. The summed E-state index contributed by atoms with van der Waals surface area (Å²) in [5, 5.41) is 0. The molecule has 0 bridgehead atoms. The third-order valence-electron chi connectivity index (χ3n) is 3.78. The molecule has 1 heteroatoms. The Hall–Kier alpha value is 0.0900. The fourth-order valence-corrected chi connectivity index (χ4v) is 3.91. The number of rotatable bonds is 0. The average molecular weight is 224 g/mol. The second kappa shape index (κ2) is 6.62. The van der Waals surface area contributed by atoms with Gasteiger partial charge in [-0.2, -0.15) is 11.8 Å². The van der Waals surface area contributed by atoms with E-state index < -0.39 is 0 Å². The average Bonchev–Trinajstić information content (AvgIpc) is 2.32. The monoisotopic (exact) mass is 224 g/mol. The first kappa shape index (κ1) is 11.6. The summed E-state index contributed by atoms with van der Waals surface area (Å²) >= 11 is 2.16. The molecule has 0 fully saturated rings. The van der Waals surface area contributed by atoms with Gasteiger partial charge in [0.25, 0.3) is 0 Å². The van der Waals surface area contributed by atoms with Crippen molar-refractivity contribution in [3.05, 3.63) is 11.1 Å². The third kappa shape index (κ3) is 3.86. The van der Waals surface area contributed by atoms with Crippen LogP contribution in [0.15, 0.2) is 11.1 Å². The van der Waals surface area contributed by atoms with Crippen LogP contribution in [0.3, 0.4) is 0 Å². The second-order valence-electron chi connectivity index (χ2n) is 4.98. The van der Waals surface area contributed by atoms with E-state index in [4.69, 9.17) is 0 Å². The molecule has 0 spiro atoms. The van der Waals surface area contributed by atoms with E-state index in [-0.39, 0.29) is 0 Å². The maximum absolute atomic E-state index is 2.16. The molecule has 0 amide bonds. The number of hydrogen-bond acceptors (Lipinski definition) is 1. The van der Waals surface area contributed by atoms with Crippen LogP contribution in [0, 0.1) is 0 Å². The summed E-state index contributed by atoms with van der Waals surface area (Å²) in [6.07, 6.45) is 14.6. The van der Waals surface area contributed by atoms with Crippen molar-refractivity contribution in [2.75, 3.05) is 11.5 Å². The molecule has 15 heavy (non-hydrogen) atoms. The highest BCUT2D eigenvalue weighted by molar-refractivity contribution is 7.99. The molecule has 86 valence electrons. The molecule has 0 atom stereocenters. The Morgan fingerprint density at radius 3 is 1.93 bits per heavy atom. The fourth-order valence-electron chi connectivity index (χ4n) is 2.78. The van der Waals surface area contributed by atoms with Crippen molar-refractivity contribution in [3.63, 3.8) is 0 Å². The van der Waals surface area contributed by atoms with Gasteiger partial charge in [0.15, 0.2) is 0 Å². The van der Waals surface area contributed by atoms with E-state index in [2.05, 4.69) is 11.8 Å². The molecular weight excluding hydrogens is 200 g/mol. The number of thioether (sulfide) groups is 1. The van der Waals surface area contributed by atoms with E-state index in [0.29, 0.717) is 0 Å². The molecule has 2 aliphatic rings. The molecule has 0 unspecified atom stereocenters. The minimum Gasteiger partial charge on any atom is -0.157 e. The van der Waals surface area contributed by atoms with Crippen LogP contribution < -0.4 is 0 Å². The first-order valence-corrected chi connectivity index (χ1v) is 7.90. The third-order valence-corrected chi connectivity index (χ3v) is 4.83. The molecule has 0 nitrogen and oxygen atoms in total. The van der Waals surface area contributed by atoms with Gasteiger partial charge in [-0.3, -0.25) is 0 Å². The lowest BCUT2D eigenvalue weighted by Crippen LogP contribution is -2.04. The Morgan fingerprint density at radius 1 is 0.600 bits per heavy atom. The first-order valence-electron chi connectivity index (χ1n) is 6.74. The van der Waals surface area contributed by atoms with Gasteiger partial charge in [0.05, 0.1) is 0 Å².